The van der Waals surface area contributed by atoms with Crippen LogP contribution in [0.5, 0.6) is 0 Å². The van der Waals surface area contributed by atoms with Crippen molar-refractivity contribution in [3.05, 3.63) is 223 Å². The number of para-hydroxylation sites is 4. The molecule has 0 bridgehead atoms. The van der Waals surface area contributed by atoms with Crippen molar-refractivity contribution in [1.82, 2.24) is 4.57 Å². The fraction of sp³-hybridized carbons (Fsp3) is 0.127. The molecule has 1 heterocycles. The van der Waals surface area contributed by atoms with Crippen molar-refractivity contribution in [2.45, 2.75) is 44.4 Å². The van der Waals surface area contributed by atoms with E-state index < -0.39 is 0 Å². The van der Waals surface area contributed by atoms with Gasteiger partial charge < -0.3 is 14.4 Å². The Kier molecular flexibility index (Phi) is 9.78. The van der Waals surface area contributed by atoms with Gasteiger partial charge in [0, 0.05) is 50.6 Å². The van der Waals surface area contributed by atoms with Crippen molar-refractivity contribution >= 4 is 55.9 Å². The summed E-state index contributed by atoms with van der Waals surface area (Å²) in [5.74, 6) is 0.671. The Hall–Kier alpha value is -6.84. The van der Waals surface area contributed by atoms with Crippen LogP contribution in [0.1, 0.15) is 54.7 Å². The summed E-state index contributed by atoms with van der Waals surface area (Å²) in [5.41, 5.74) is 14.6. The van der Waals surface area contributed by atoms with E-state index in [2.05, 4.69) is 221 Å². The average molecular weight is 750 g/mol. The van der Waals surface area contributed by atoms with Crippen molar-refractivity contribution in [3.63, 3.8) is 0 Å². The van der Waals surface area contributed by atoms with Crippen molar-refractivity contribution in [2.24, 2.45) is 0 Å². The third kappa shape index (κ3) is 7.05. The Labute approximate surface area is 342 Å². The zero-order chi connectivity index (χ0) is 38.7. The number of hydrogen-bond acceptors (Lipinski definition) is 2. The molecule has 1 aliphatic carbocycles. The van der Waals surface area contributed by atoms with Crippen molar-refractivity contribution < 1.29 is 0 Å². The van der Waals surface area contributed by atoms with E-state index in [1.807, 2.05) is 0 Å². The number of hydrogen-bond donors (Lipinski definition) is 0. The summed E-state index contributed by atoms with van der Waals surface area (Å²) in [6.45, 7) is 0. The van der Waals surface area contributed by atoms with E-state index in [-0.39, 0.29) is 0 Å². The molecule has 1 aromatic heterocycles. The van der Waals surface area contributed by atoms with E-state index in [1.54, 1.807) is 0 Å². The van der Waals surface area contributed by atoms with Crippen LogP contribution in [0.15, 0.2) is 206 Å². The van der Waals surface area contributed by atoms with Crippen LogP contribution in [0.3, 0.4) is 0 Å². The van der Waals surface area contributed by atoms with E-state index in [4.69, 9.17) is 0 Å². The van der Waals surface area contributed by atoms with Gasteiger partial charge in [0.15, 0.2) is 0 Å². The molecule has 0 unspecified atom stereocenters. The largest absolute Gasteiger partial charge is 0.311 e. The van der Waals surface area contributed by atoms with E-state index in [0.717, 1.165) is 34.9 Å². The summed E-state index contributed by atoms with van der Waals surface area (Å²) in [7, 11) is 0. The Balaban J connectivity index is 0.985. The van der Waals surface area contributed by atoms with Crippen LogP contribution in [0.4, 0.5) is 34.1 Å². The predicted molar refractivity (Wildman–Crippen MR) is 245 cm³/mol. The number of nitrogens with zero attached hydrogens (tertiary/aromatic N) is 3. The quantitative estimate of drug-likeness (QED) is 0.138. The molecule has 9 aromatic rings. The fourth-order valence-corrected chi connectivity index (χ4v) is 9.10. The van der Waals surface area contributed by atoms with Gasteiger partial charge in [-0.1, -0.05) is 128 Å². The molecule has 1 saturated carbocycles. The van der Waals surface area contributed by atoms with E-state index in [1.165, 1.54) is 82.0 Å². The third-order valence-corrected chi connectivity index (χ3v) is 12.0. The number of fused-ring (bicyclic) bond motifs is 3. The molecule has 0 spiro atoms. The lowest BCUT2D eigenvalue weighted by Crippen LogP contribution is -2.11. The van der Waals surface area contributed by atoms with Crippen molar-refractivity contribution in [3.8, 4) is 5.69 Å². The molecule has 0 aliphatic heterocycles. The Morgan fingerprint density at radius 2 is 0.828 bits per heavy atom. The molecule has 1 aliphatic rings. The topological polar surface area (TPSA) is 11.4 Å². The average Bonchev–Trinajstić information content (AvgIpc) is 3.63. The first kappa shape index (κ1) is 35.6. The summed E-state index contributed by atoms with van der Waals surface area (Å²) in [6, 6.07) is 75.3. The monoisotopic (exact) mass is 749 g/mol. The van der Waals surface area contributed by atoms with Gasteiger partial charge in [-0.25, -0.2) is 0 Å². The van der Waals surface area contributed by atoms with Gasteiger partial charge in [0.2, 0.25) is 0 Å². The van der Waals surface area contributed by atoms with Gasteiger partial charge in [0.05, 0.1) is 11.0 Å². The molecule has 0 N–H and O–H groups in total. The fourth-order valence-electron chi connectivity index (χ4n) is 9.10. The second-order valence-corrected chi connectivity index (χ2v) is 15.7. The van der Waals surface area contributed by atoms with Gasteiger partial charge in [-0.15, -0.1) is 0 Å². The molecule has 1 fully saturated rings. The predicted octanol–water partition coefficient (Wildman–Crippen LogP) is 15.4. The lowest BCUT2D eigenvalue weighted by molar-refractivity contribution is 0.443. The number of anilines is 6. The number of benzene rings is 8. The third-order valence-electron chi connectivity index (χ3n) is 12.0. The van der Waals surface area contributed by atoms with E-state index in [0.29, 0.717) is 5.92 Å². The lowest BCUT2D eigenvalue weighted by atomic mass is 9.84. The van der Waals surface area contributed by atoms with Gasteiger partial charge in [-0.3, -0.25) is 0 Å². The van der Waals surface area contributed by atoms with E-state index >= 15 is 0 Å². The Bertz CT molecular complexity index is 2710. The molecular weight excluding hydrogens is 703 g/mol. The maximum atomic E-state index is 2.43. The first-order chi connectivity index (χ1) is 28.8. The normalized spacial score (nSPS) is 13.2. The summed E-state index contributed by atoms with van der Waals surface area (Å²) < 4.78 is 2.39. The summed E-state index contributed by atoms with van der Waals surface area (Å²) in [6.07, 6.45) is 7.50. The van der Waals surface area contributed by atoms with Crippen LogP contribution in [0.2, 0.25) is 0 Å². The minimum Gasteiger partial charge on any atom is -0.311 e. The SMILES string of the molecule is c1ccc(N(c2ccccc2)c2ccc(Cc3ccc(N(c4ccc(C5CCCCC5)cc4)c4ccc5c(c4)c4ccccc4n5-c4ccccc4)cc3)cc2)cc1. The molecule has 0 atom stereocenters. The standard InChI is InChI=1S/C55H47N3/c1-5-15-43(16-6-1)44-29-35-50(36-30-44)57(51-37-38-55-53(40-51)52-23-13-14-24-54(52)58(55)47-21-11-4-12-22-47)49-33-27-42(28-34-49)39-41-25-31-48(32-26-41)56(45-17-7-2-8-18-45)46-19-9-3-10-20-46/h2-4,7-14,17-38,40,43H,1,5-6,15-16,39H2. The highest BCUT2D eigenvalue weighted by molar-refractivity contribution is 6.10. The van der Waals surface area contributed by atoms with Crippen LogP contribution in [0.25, 0.3) is 27.5 Å². The highest BCUT2D eigenvalue weighted by atomic mass is 15.1. The molecule has 3 nitrogen and oxygen atoms in total. The van der Waals surface area contributed by atoms with Crippen molar-refractivity contribution in [2.75, 3.05) is 9.80 Å². The van der Waals surface area contributed by atoms with Crippen LogP contribution >= 0.6 is 0 Å². The number of aromatic nitrogens is 1. The number of rotatable bonds is 10. The minimum atomic E-state index is 0.671. The molecule has 0 amide bonds. The smallest absolute Gasteiger partial charge is 0.0542 e. The molecular formula is C55H47N3. The maximum Gasteiger partial charge on any atom is 0.0542 e. The molecule has 10 rings (SSSR count). The van der Waals surface area contributed by atoms with Gasteiger partial charge in [0.25, 0.3) is 0 Å². The molecule has 8 aromatic carbocycles. The zero-order valence-electron chi connectivity index (χ0n) is 32.8. The Morgan fingerprint density at radius 3 is 1.41 bits per heavy atom. The molecule has 0 saturated heterocycles. The van der Waals surface area contributed by atoms with Crippen LogP contribution in [-0.2, 0) is 6.42 Å². The molecule has 282 valence electrons. The molecule has 58 heavy (non-hydrogen) atoms. The highest BCUT2D eigenvalue weighted by Gasteiger charge is 2.20. The van der Waals surface area contributed by atoms with Gasteiger partial charge in [0.1, 0.15) is 0 Å². The maximum absolute atomic E-state index is 2.43. The van der Waals surface area contributed by atoms with E-state index in [9.17, 15) is 0 Å². The summed E-state index contributed by atoms with van der Waals surface area (Å²) in [5, 5.41) is 2.51. The second kappa shape index (κ2) is 16.0. The first-order valence-electron chi connectivity index (χ1n) is 20.8. The second-order valence-electron chi connectivity index (χ2n) is 15.7. The highest BCUT2D eigenvalue weighted by Crippen LogP contribution is 2.41. The summed E-state index contributed by atoms with van der Waals surface area (Å²) >= 11 is 0. The zero-order valence-corrected chi connectivity index (χ0v) is 32.8. The van der Waals surface area contributed by atoms with Gasteiger partial charge in [-0.2, -0.15) is 0 Å². The van der Waals surface area contributed by atoms with Crippen LogP contribution in [-0.4, -0.2) is 4.57 Å². The molecule has 3 heteroatoms. The Morgan fingerprint density at radius 1 is 0.379 bits per heavy atom. The molecule has 0 radical (unpaired) electrons. The first-order valence-corrected chi connectivity index (χ1v) is 20.8. The lowest BCUT2D eigenvalue weighted by Gasteiger charge is -2.27. The van der Waals surface area contributed by atoms with Gasteiger partial charge in [-0.05, 0) is 139 Å². The minimum absolute atomic E-state index is 0.671. The van der Waals surface area contributed by atoms with Crippen LogP contribution < -0.4 is 9.80 Å². The summed E-state index contributed by atoms with van der Waals surface area (Å²) in [4.78, 5) is 4.74. The van der Waals surface area contributed by atoms with Gasteiger partial charge >= 0.3 is 0 Å². The van der Waals surface area contributed by atoms with Crippen LogP contribution in [0, 0.1) is 0 Å². The van der Waals surface area contributed by atoms with Crippen molar-refractivity contribution in [1.29, 1.82) is 0 Å².